The van der Waals surface area contributed by atoms with Crippen molar-refractivity contribution in [1.29, 1.82) is 0 Å². The molecule has 0 saturated heterocycles. The Hall–Kier alpha value is -2.23. The number of benzene rings is 1. The molecule has 3 aromatic rings. The first kappa shape index (κ1) is 10.9. The molecule has 4 heteroatoms. The lowest BCUT2D eigenvalue weighted by Crippen LogP contribution is -2.01. The molecule has 0 spiro atoms. The highest BCUT2D eigenvalue weighted by atomic mass is 15.0. The van der Waals surface area contributed by atoms with E-state index in [0.29, 0.717) is 0 Å². The summed E-state index contributed by atoms with van der Waals surface area (Å²) in [7, 11) is 0. The van der Waals surface area contributed by atoms with Crippen LogP contribution in [0.5, 0.6) is 0 Å². The van der Waals surface area contributed by atoms with Crippen LogP contribution in [0.15, 0.2) is 49.2 Å². The van der Waals surface area contributed by atoms with E-state index in [1.165, 1.54) is 5.52 Å². The highest BCUT2D eigenvalue weighted by molar-refractivity contribution is 5.91. The Labute approximate surface area is 106 Å². The van der Waals surface area contributed by atoms with Gasteiger partial charge in [0.15, 0.2) is 0 Å². The number of fused-ring (bicyclic) bond motifs is 1. The average Bonchev–Trinajstić information content (AvgIpc) is 3.00. The van der Waals surface area contributed by atoms with E-state index in [1.807, 2.05) is 30.9 Å². The quantitative estimate of drug-likeness (QED) is 0.712. The molecule has 0 atom stereocenters. The molecule has 0 aliphatic rings. The minimum Gasteiger partial charge on any atom is -0.398 e. The van der Waals surface area contributed by atoms with Crippen molar-refractivity contribution in [3.8, 4) is 0 Å². The molecule has 0 aliphatic carbocycles. The lowest BCUT2D eigenvalue weighted by Gasteiger charge is -2.06. The summed E-state index contributed by atoms with van der Waals surface area (Å²) in [6, 6.07) is 8.15. The third-order valence-electron chi connectivity index (χ3n) is 3.22. The molecule has 2 aromatic heterocycles. The van der Waals surface area contributed by atoms with Gasteiger partial charge in [0.2, 0.25) is 0 Å². The third-order valence-corrected chi connectivity index (χ3v) is 3.22. The molecule has 2 N–H and O–H groups in total. The Bertz CT molecular complexity index is 637. The molecule has 0 aliphatic heterocycles. The summed E-state index contributed by atoms with van der Waals surface area (Å²) < 4.78 is 4.35. The Kier molecular flexibility index (Phi) is 2.76. The third kappa shape index (κ3) is 1.97. The summed E-state index contributed by atoms with van der Waals surface area (Å²) in [6.45, 7) is 1.98. The maximum Gasteiger partial charge on any atom is 0.0945 e. The van der Waals surface area contributed by atoms with E-state index < -0.39 is 0 Å². The smallest absolute Gasteiger partial charge is 0.0945 e. The van der Waals surface area contributed by atoms with Crippen molar-refractivity contribution in [2.75, 3.05) is 5.73 Å². The lowest BCUT2D eigenvalue weighted by atomic mass is 10.2. The fraction of sp³-hybridized carbons (Fsp3) is 0.214. The zero-order valence-electron chi connectivity index (χ0n) is 10.2. The van der Waals surface area contributed by atoms with Crippen molar-refractivity contribution >= 4 is 16.6 Å². The number of hydrogen-bond donors (Lipinski definition) is 1. The molecule has 1 aromatic carbocycles. The van der Waals surface area contributed by atoms with Crippen LogP contribution in [0.25, 0.3) is 10.9 Å². The van der Waals surface area contributed by atoms with Gasteiger partial charge in [-0.1, -0.05) is 6.07 Å². The summed E-state index contributed by atoms with van der Waals surface area (Å²) in [5, 5.41) is 1.14. The van der Waals surface area contributed by atoms with Gasteiger partial charge in [-0.05, 0) is 24.6 Å². The first-order valence-corrected chi connectivity index (χ1v) is 6.14. The van der Waals surface area contributed by atoms with Crippen LogP contribution in [0.2, 0.25) is 0 Å². The molecule has 18 heavy (non-hydrogen) atoms. The molecule has 0 amide bonds. The first-order valence-electron chi connectivity index (χ1n) is 6.14. The molecule has 0 fully saturated rings. The van der Waals surface area contributed by atoms with Gasteiger partial charge in [0, 0.05) is 42.8 Å². The summed E-state index contributed by atoms with van der Waals surface area (Å²) in [4.78, 5) is 4.04. The van der Waals surface area contributed by atoms with E-state index >= 15 is 0 Å². The van der Waals surface area contributed by atoms with E-state index in [1.54, 1.807) is 0 Å². The van der Waals surface area contributed by atoms with E-state index in [4.69, 9.17) is 5.73 Å². The number of nitrogen functional groups attached to an aromatic ring is 1. The lowest BCUT2D eigenvalue weighted by molar-refractivity contribution is 0.573. The van der Waals surface area contributed by atoms with Crippen LogP contribution in [-0.2, 0) is 13.1 Å². The van der Waals surface area contributed by atoms with E-state index in [2.05, 4.69) is 32.4 Å². The number of aromatic nitrogens is 3. The maximum absolute atomic E-state index is 5.95. The second-order valence-electron chi connectivity index (χ2n) is 4.44. The molecule has 0 radical (unpaired) electrons. The number of rotatable bonds is 4. The monoisotopic (exact) mass is 240 g/mol. The van der Waals surface area contributed by atoms with E-state index in [-0.39, 0.29) is 0 Å². The molecule has 0 unspecified atom stereocenters. The Morgan fingerprint density at radius 1 is 1.11 bits per heavy atom. The second-order valence-corrected chi connectivity index (χ2v) is 4.44. The summed E-state index contributed by atoms with van der Waals surface area (Å²) in [5.74, 6) is 0. The molecule has 4 nitrogen and oxygen atoms in total. The fourth-order valence-corrected chi connectivity index (χ4v) is 2.28. The minimum atomic E-state index is 0.848. The van der Waals surface area contributed by atoms with Gasteiger partial charge in [-0.25, -0.2) is 4.98 Å². The van der Waals surface area contributed by atoms with Crippen LogP contribution in [0.4, 0.5) is 5.69 Å². The van der Waals surface area contributed by atoms with Crippen molar-refractivity contribution in [2.45, 2.75) is 19.5 Å². The summed E-state index contributed by atoms with van der Waals surface area (Å²) in [5.41, 5.74) is 8.01. The van der Waals surface area contributed by atoms with Gasteiger partial charge in [0.1, 0.15) is 0 Å². The Morgan fingerprint density at radius 2 is 2.06 bits per heavy atom. The predicted molar refractivity (Wildman–Crippen MR) is 73.2 cm³/mol. The van der Waals surface area contributed by atoms with Gasteiger partial charge in [0.25, 0.3) is 0 Å². The number of nitrogens with two attached hydrogens (primary N) is 1. The predicted octanol–water partition coefficient (Wildman–Crippen LogP) is 2.51. The van der Waals surface area contributed by atoms with Crippen molar-refractivity contribution in [2.24, 2.45) is 0 Å². The topological polar surface area (TPSA) is 48.8 Å². The molecular formula is C14H16N4. The first-order chi connectivity index (χ1) is 8.84. The standard InChI is InChI=1S/C14H16N4/c15-13-3-1-4-14-12(13)5-9-18(14)8-2-7-17-10-6-16-11-17/h1,3-6,9-11H,2,7-8,15H2. The molecule has 0 saturated carbocycles. The number of aryl methyl sites for hydroxylation is 2. The highest BCUT2D eigenvalue weighted by Crippen LogP contribution is 2.22. The van der Waals surface area contributed by atoms with Gasteiger partial charge < -0.3 is 14.9 Å². The van der Waals surface area contributed by atoms with Crippen LogP contribution < -0.4 is 5.73 Å². The zero-order valence-corrected chi connectivity index (χ0v) is 10.2. The van der Waals surface area contributed by atoms with E-state index in [0.717, 1.165) is 30.6 Å². The highest BCUT2D eigenvalue weighted by Gasteiger charge is 2.02. The fourth-order valence-electron chi connectivity index (χ4n) is 2.28. The van der Waals surface area contributed by atoms with Crippen LogP contribution in [0.1, 0.15) is 6.42 Å². The van der Waals surface area contributed by atoms with Crippen molar-refractivity contribution in [3.63, 3.8) is 0 Å². The van der Waals surface area contributed by atoms with Gasteiger partial charge in [-0.15, -0.1) is 0 Å². The van der Waals surface area contributed by atoms with Crippen LogP contribution in [0, 0.1) is 0 Å². The minimum absolute atomic E-state index is 0.848. The number of anilines is 1. The van der Waals surface area contributed by atoms with Gasteiger partial charge in [0.05, 0.1) is 11.8 Å². The van der Waals surface area contributed by atoms with Gasteiger partial charge >= 0.3 is 0 Å². The van der Waals surface area contributed by atoms with Crippen LogP contribution >= 0.6 is 0 Å². The zero-order chi connectivity index (χ0) is 12.4. The largest absolute Gasteiger partial charge is 0.398 e. The normalized spacial score (nSPS) is 11.1. The van der Waals surface area contributed by atoms with Crippen molar-refractivity contribution < 1.29 is 0 Å². The van der Waals surface area contributed by atoms with Crippen molar-refractivity contribution in [1.82, 2.24) is 14.1 Å². The van der Waals surface area contributed by atoms with E-state index in [9.17, 15) is 0 Å². The summed E-state index contributed by atoms with van der Waals surface area (Å²) in [6.07, 6.45) is 8.84. The van der Waals surface area contributed by atoms with Gasteiger partial charge in [-0.3, -0.25) is 0 Å². The maximum atomic E-state index is 5.95. The SMILES string of the molecule is Nc1cccc2c1ccn2CCCn1ccnc1. The average molecular weight is 240 g/mol. The van der Waals surface area contributed by atoms with Gasteiger partial charge in [-0.2, -0.15) is 0 Å². The molecule has 3 rings (SSSR count). The van der Waals surface area contributed by atoms with Crippen LogP contribution in [0.3, 0.4) is 0 Å². The number of nitrogens with zero attached hydrogens (tertiary/aromatic N) is 3. The summed E-state index contributed by atoms with van der Waals surface area (Å²) >= 11 is 0. The number of hydrogen-bond acceptors (Lipinski definition) is 2. The second kappa shape index (κ2) is 4.56. The molecule has 0 bridgehead atoms. The van der Waals surface area contributed by atoms with Crippen molar-refractivity contribution in [3.05, 3.63) is 49.2 Å². The number of imidazole rings is 1. The molecular weight excluding hydrogens is 224 g/mol. The molecule has 92 valence electrons. The Balaban J connectivity index is 1.73. The van der Waals surface area contributed by atoms with Crippen LogP contribution in [-0.4, -0.2) is 14.1 Å². The Morgan fingerprint density at radius 3 is 2.89 bits per heavy atom. The molecule has 2 heterocycles.